The molecule has 1 amide bonds. The van der Waals surface area contributed by atoms with E-state index in [9.17, 15) is 4.79 Å². The van der Waals surface area contributed by atoms with Crippen LogP contribution in [0.2, 0.25) is 0 Å². The second-order valence-corrected chi connectivity index (χ2v) is 10.5. The summed E-state index contributed by atoms with van der Waals surface area (Å²) in [5, 5.41) is 8.26. The number of amides is 1. The summed E-state index contributed by atoms with van der Waals surface area (Å²) in [6.45, 7) is 4.73. The highest BCUT2D eigenvalue weighted by Crippen LogP contribution is 2.34. The fraction of sp³-hybridized carbons (Fsp3) is 0.300. The zero-order chi connectivity index (χ0) is 24.2. The van der Waals surface area contributed by atoms with E-state index in [-0.39, 0.29) is 0 Å². The molecule has 2 fully saturated rings. The number of carbonyl (C=O) groups is 1. The molecule has 6 heteroatoms. The zero-order valence-corrected chi connectivity index (χ0v) is 20.4. The molecule has 6 nitrogen and oxygen atoms in total. The van der Waals surface area contributed by atoms with Crippen molar-refractivity contribution < 1.29 is 4.79 Å². The molecule has 0 radical (unpaired) electrons. The summed E-state index contributed by atoms with van der Waals surface area (Å²) in [4.78, 5) is 19.8. The van der Waals surface area contributed by atoms with Gasteiger partial charge in [-0.05, 0) is 73.1 Å². The van der Waals surface area contributed by atoms with Crippen molar-refractivity contribution in [3.05, 3.63) is 72.4 Å². The van der Waals surface area contributed by atoms with Gasteiger partial charge in [-0.1, -0.05) is 36.4 Å². The SMILES string of the molecule is Cc1ccc2c(c1)nc(-c1ccc(-c3ccc4[nH]ncc4c3)cc1)n2CC1CCN(C(=O)C2CC2)C1. The molecule has 1 aliphatic heterocycles. The Morgan fingerprint density at radius 1 is 0.972 bits per heavy atom. The van der Waals surface area contributed by atoms with Gasteiger partial charge in [-0.25, -0.2) is 4.98 Å². The fourth-order valence-electron chi connectivity index (χ4n) is 5.61. The number of nitrogens with zero attached hydrogens (tertiary/aromatic N) is 4. The van der Waals surface area contributed by atoms with Crippen LogP contribution in [0.1, 0.15) is 24.8 Å². The number of likely N-dealkylation sites (tertiary alicyclic amines) is 1. The van der Waals surface area contributed by atoms with Crippen molar-refractivity contribution in [3.8, 4) is 22.5 Å². The van der Waals surface area contributed by atoms with Crippen LogP contribution < -0.4 is 0 Å². The number of aryl methyl sites for hydroxylation is 1. The van der Waals surface area contributed by atoms with Crippen molar-refractivity contribution >= 4 is 27.8 Å². The number of carbonyl (C=O) groups excluding carboxylic acids is 1. The van der Waals surface area contributed by atoms with Gasteiger partial charge in [0, 0.05) is 36.5 Å². The van der Waals surface area contributed by atoms with E-state index in [1.54, 1.807) is 0 Å². The first kappa shape index (κ1) is 21.4. The average molecular weight is 476 g/mol. The lowest BCUT2D eigenvalue weighted by Gasteiger charge is -2.18. The largest absolute Gasteiger partial charge is 0.342 e. The molecule has 5 aromatic rings. The Balaban J connectivity index is 1.21. The topological polar surface area (TPSA) is 66.8 Å². The summed E-state index contributed by atoms with van der Waals surface area (Å²) < 4.78 is 2.37. The van der Waals surface area contributed by atoms with Gasteiger partial charge in [-0.3, -0.25) is 9.89 Å². The van der Waals surface area contributed by atoms with Crippen LogP contribution >= 0.6 is 0 Å². The van der Waals surface area contributed by atoms with Crippen molar-refractivity contribution in [1.82, 2.24) is 24.6 Å². The Morgan fingerprint density at radius 2 is 1.78 bits per heavy atom. The lowest BCUT2D eigenvalue weighted by Crippen LogP contribution is -2.30. The van der Waals surface area contributed by atoms with Gasteiger partial charge in [0.25, 0.3) is 0 Å². The van der Waals surface area contributed by atoms with Gasteiger partial charge in [0.15, 0.2) is 0 Å². The molecule has 2 aliphatic rings. The van der Waals surface area contributed by atoms with Crippen molar-refractivity contribution in [3.63, 3.8) is 0 Å². The number of imidazole rings is 1. The maximum absolute atomic E-state index is 12.6. The molecule has 180 valence electrons. The number of H-pyrrole nitrogens is 1. The van der Waals surface area contributed by atoms with Gasteiger partial charge >= 0.3 is 0 Å². The second kappa shape index (κ2) is 8.33. The minimum absolute atomic E-state index is 0.295. The molecular weight excluding hydrogens is 446 g/mol. The first-order valence-corrected chi connectivity index (χ1v) is 12.9. The summed E-state index contributed by atoms with van der Waals surface area (Å²) in [5.41, 5.74) is 7.91. The second-order valence-electron chi connectivity index (χ2n) is 10.5. The predicted octanol–water partition coefficient (Wildman–Crippen LogP) is 5.81. The smallest absolute Gasteiger partial charge is 0.225 e. The van der Waals surface area contributed by atoms with E-state index in [0.717, 1.165) is 72.2 Å². The van der Waals surface area contributed by atoms with E-state index in [1.165, 1.54) is 16.7 Å². The predicted molar refractivity (Wildman–Crippen MR) is 142 cm³/mol. The van der Waals surface area contributed by atoms with E-state index >= 15 is 0 Å². The molecule has 3 aromatic carbocycles. The third-order valence-electron chi connectivity index (χ3n) is 7.79. The van der Waals surface area contributed by atoms with Gasteiger partial charge in [0.2, 0.25) is 5.91 Å². The Morgan fingerprint density at radius 3 is 2.61 bits per heavy atom. The van der Waals surface area contributed by atoms with Crippen molar-refractivity contribution in [2.45, 2.75) is 32.7 Å². The van der Waals surface area contributed by atoms with E-state index in [0.29, 0.717) is 17.7 Å². The number of nitrogens with one attached hydrogen (secondary N) is 1. The van der Waals surface area contributed by atoms with Crippen LogP contribution in [-0.2, 0) is 11.3 Å². The Bertz CT molecular complexity index is 1590. The maximum atomic E-state index is 12.6. The fourth-order valence-corrected chi connectivity index (χ4v) is 5.61. The highest BCUT2D eigenvalue weighted by Gasteiger charge is 2.36. The molecule has 1 atom stereocenters. The van der Waals surface area contributed by atoms with Crippen LogP contribution in [0.5, 0.6) is 0 Å². The minimum Gasteiger partial charge on any atom is -0.342 e. The number of rotatable bonds is 5. The van der Waals surface area contributed by atoms with E-state index in [4.69, 9.17) is 4.98 Å². The summed E-state index contributed by atoms with van der Waals surface area (Å²) in [7, 11) is 0. The lowest BCUT2D eigenvalue weighted by atomic mass is 10.0. The number of aromatic amines is 1. The monoisotopic (exact) mass is 475 g/mol. The van der Waals surface area contributed by atoms with Gasteiger partial charge in [0.1, 0.15) is 5.82 Å². The molecule has 1 saturated heterocycles. The van der Waals surface area contributed by atoms with Crippen LogP contribution in [0.25, 0.3) is 44.5 Å². The van der Waals surface area contributed by atoms with Crippen LogP contribution in [0.15, 0.2) is 66.9 Å². The van der Waals surface area contributed by atoms with Crippen LogP contribution in [0, 0.1) is 18.8 Å². The Labute approximate surface area is 210 Å². The first-order chi connectivity index (χ1) is 17.6. The molecule has 0 bridgehead atoms. The summed E-state index contributed by atoms with van der Waals surface area (Å²) >= 11 is 0. The molecule has 1 unspecified atom stereocenters. The number of benzene rings is 3. The normalized spacial score (nSPS) is 17.9. The molecular formula is C30H29N5O. The first-order valence-electron chi connectivity index (χ1n) is 12.9. The molecule has 0 spiro atoms. The molecule has 1 saturated carbocycles. The average Bonchev–Trinajstić information content (AvgIpc) is 3.30. The number of fused-ring (bicyclic) bond motifs is 2. The van der Waals surface area contributed by atoms with Crippen molar-refractivity contribution in [2.75, 3.05) is 13.1 Å². The third-order valence-corrected chi connectivity index (χ3v) is 7.79. The summed E-state index contributed by atoms with van der Waals surface area (Å²) in [6, 6.07) is 21.6. The van der Waals surface area contributed by atoms with Gasteiger partial charge in [0.05, 0.1) is 22.7 Å². The maximum Gasteiger partial charge on any atom is 0.225 e. The highest BCUT2D eigenvalue weighted by atomic mass is 16.2. The minimum atomic E-state index is 0.295. The Kier molecular flexibility index (Phi) is 4.94. The summed E-state index contributed by atoms with van der Waals surface area (Å²) in [5.74, 6) is 2.11. The highest BCUT2D eigenvalue weighted by molar-refractivity contribution is 5.85. The van der Waals surface area contributed by atoms with Crippen LogP contribution in [0.3, 0.4) is 0 Å². The lowest BCUT2D eigenvalue weighted by molar-refractivity contribution is -0.131. The molecule has 36 heavy (non-hydrogen) atoms. The third kappa shape index (κ3) is 3.77. The zero-order valence-electron chi connectivity index (χ0n) is 20.4. The van der Waals surface area contributed by atoms with Gasteiger partial charge in [-0.15, -0.1) is 0 Å². The summed E-state index contributed by atoms with van der Waals surface area (Å²) in [6.07, 6.45) is 5.06. The van der Waals surface area contributed by atoms with E-state index in [1.807, 2.05) is 6.20 Å². The van der Waals surface area contributed by atoms with Crippen molar-refractivity contribution in [1.29, 1.82) is 0 Å². The molecule has 3 heterocycles. The van der Waals surface area contributed by atoms with E-state index < -0.39 is 0 Å². The number of aromatic nitrogens is 4. The van der Waals surface area contributed by atoms with Crippen LogP contribution in [0.4, 0.5) is 0 Å². The van der Waals surface area contributed by atoms with Gasteiger partial charge in [-0.2, -0.15) is 5.10 Å². The molecule has 2 aromatic heterocycles. The molecule has 1 N–H and O–H groups in total. The van der Waals surface area contributed by atoms with Crippen LogP contribution in [-0.4, -0.2) is 43.6 Å². The van der Waals surface area contributed by atoms with Crippen molar-refractivity contribution in [2.24, 2.45) is 11.8 Å². The standard InChI is InChI=1S/C30H29N5O/c1-19-2-11-28-27(14-19)32-29(35(28)18-20-12-13-34(17-20)30(36)23-7-8-23)22-5-3-21(4-6-22)24-9-10-26-25(15-24)16-31-33-26/h2-6,9-11,14-16,20,23H,7-8,12-13,17-18H2,1H3,(H,31,33). The van der Waals surface area contributed by atoms with E-state index in [2.05, 4.69) is 87.3 Å². The Hall–Kier alpha value is -3.93. The number of hydrogen-bond donors (Lipinski definition) is 1. The quantitative estimate of drug-likeness (QED) is 0.349. The molecule has 7 rings (SSSR count). The number of hydrogen-bond acceptors (Lipinski definition) is 3. The molecule has 1 aliphatic carbocycles. The van der Waals surface area contributed by atoms with Gasteiger partial charge < -0.3 is 9.47 Å².